The van der Waals surface area contributed by atoms with Crippen LogP contribution in [0.2, 0.25) is 0 Å². The first kappa shape index (κ1) is 12.2. The maximum Gasteiger partial charge on any atom is 0.224 e. The number of hydrogen-bond donors (Lipinski definition) is 2. The van der Waals surface area contributed by atoms with E-state index in [9.17, 15) is 4.79 Å². The Morgan fingerprint density at radius 1 is 1.00 bits per heavy atom. The molecule has 0 fully saturated rings. The van der Waals surface area contributed by atoms with Crippen molar-refractivity contribution in [2.24, 2.45) is 0 Å². The summed E-state index contributed by atoms with van der Waals surface area (Å²) < 4.78 is 0. The van der Waals surface area contributed by atoms with Crippen LogP contribution in [0.25, 0.3) is 0 Å². The number of amides is 1. The van der Waals surface area contributed by atoms with Gasteiger partial charge >= 0.3 is 0 Å². The minimum absolute atomic E-state index is 0.0172. The van der Waals surface area contributed by atoms with E-state index in [-0.39, 0.29) is 5.91 Å². The molecule has 2 aromatic rings. The average molecular weight is 240 g/mol. The van der Waals surface area contributed by atoms with E-state index in [4.69, 9.17) is 5.73 Å². The summed E-state index contributed by atoms with van der Waals surface area (Å²) in [5, 5.41) is 2.88. The van der Waals surface area contributed by atoms with Gasteiger partial charge in [0, 0.05) is 12.2 Å². The van der Waals surface area contributed by atoms with Crippen molar-refractivity contribution in [3.8, 4) is 0 Å². The molecule has 0 aromatic heterocycles. The minimum Gasteiger partial charge on any atom is -0.399 e. The second-order valence-electron chi connectivity index (χ2n) is 4.18. The van der Waals surface area contributed by atoms with Gasteiger partial charge in [0.15, 0.2) is 0 Å². The highest BCUT2D eigenvalue weighted by molar-refractivity contribution is 5.78. The summed E-state index contributed by atoms with van der Waals surface area (Å²) in [6.45, 7) is 0.511. The molecule has 0 aliphatic rings. The molecule has 0 unspecified atom stereocenters. The van der Waals surface area contributed by atoms with Gasteiger partial charge in [0.1, 0.15) is 0 Å². The Hall–Kier alpha value is -2.29. The van der Waals surface area contributed by atoms with Gasteiger partial charge < -0.3 is 11.1 Å². The zero-order chi connectivity index (χ0) is 12.8. The predicted molar refractivity (Wildman–Crippen MR) is 72.8 cm³/mol. The molecule has 18 heavy (non-hydrogen) atoms. The summed E-state index contributed by atoms with van der Waals surface area (Å²) in [5.74, 6) is 0.0172. The largest absolute Gasteiger partial charge is 0.399 e. The normalized spacial score (nSPS) is 10.0. The highest BCUT2D eigenvalue weighted by Gasteiger charge is 2.02. The van der Waals surface area contributed by atoms with Crippen LogP contribution in [0.4, 0.5) is 5.69 Å². The van der Waals surface area contributed by atoms with Crippen LogP contribution in [0.3, 0.4) is 0 Å². The van der Waals surface area contributed by atoms with Crippen molar-refractivity contribution in [2.75, 3.05) is 5.73 Å². The number of anilines is 1. The van der Waals surface area contributed by atoms with Crippen LogP contribution >= 0.6 is 0 Å². The number of nitrogens with two attached hydrogens (primary N) is 1. The Bertz CT molecular complexity index is 523. The Kier molecular flexibility index (Phi) is 3.97. The molecule has 3 nitrogen and oxygen atoms in total. The number of carbonyl (C=O) groups is 1. The van der Waals surface area contributed by atoms with Gasteiger partial charge in [-0.2, -0.15) is 0 Å². The predicted octanol–water partition coefficient (Wildman–Crippen LogP) is 2.13. The summed E-state index contributed by atoms with van der Waals surface area (Å²) in [4.78, 5) is 11.7. The van der Waals surface area contributed by atoms with Gasteiger partial charge in [-0.05, 0) is 23.3 Å². The first-order chi connectivity index (χ1) is 8.74. The van der Waals surface area contributed by atoms with E-state index in [0.717, 1.165) is 11.1 Å². The molecule has 2 aromatic carbocycles. The lowest BCUT2D eigenvalue weighted by Crippen LogP contribution is -2.24. The number of nitrogen functional groups attached to an aromatic ring is 1. The van der Waals surface area contributed by atoms with Crippen LogP contribution < -0.4 is 11.1 Å². The number of nitrogens with one attached hydrogen (secondary N) is 1. The standard InChI is InChI=1S/C15H16N2O/c16-14-8-4-7-13(9-14)11-17-15(18)10-12-5-2-1-3-6-12/h1-9H,10-11,16H2,(H,17,18). The number of carbonyl (C=O) groups excluding carboxylic acids is 1. The van der Waals surface area contributed by atoms with Gasteiger partial charge in [0.25, 0.3) is 0 Å². The van der Waals surface area contributed by atoms with E-state index in [1.165, 1.54) is 0 Å². The third-order valence-corrected chi connectivity index (χ3v) is 2.65. The summed E-state index contributed by atoms with van der Waals surface area (Å²) in [6.07, 6.45) is 0.406. The van der Waals surface area contributed by atoms with E-state index in [1.807, 2.05) is 54.6 Å². The van der Waals surface area contributed by atoms with Gasteiger partial charge in [0.05, 0.1) is 6.42 Å². The Morgan fingerprint density at radius 3 is 2.44 bits per heavy atom. The molecule has 0 atom stereocenters. The van der Waals surface area contributed by atoms with E-state index in [0.29, 0.717) is 18.7 Å². The van der Waals surface area contributed by atoms with Gasteiger partial charge in [-0.15, -0.1) is 0 Å². The maximum atomic E-state index is 11.7. The second kappa shape index (κ2) is 5.87. The number of hydrogen-bond acceptors (Lipinski definition) is 2. The molecule has 0 aliphatic carbocycles. The molecule has 0 spiro atoms. The smallest absolute Gasteiger partial charge is 0.224 e. The van der Waals surface area contributed by atoms with Crippen LogP contribution in [0.15, 0.2) is 54.6 Å². The molecule has 1 amide bonds. The first-order valence-electron chi connectivity index (χ1n) is 5.89. The van der Waals surface area contributed by atoms with Crippen molar-refractivity contribution >= 4 is 11.6 Å². The first-order valence-corrected chi connectivity index (χ1v) is 5.89. The molecule has 2 rings (SSSR count). The molecule has 0 radical (unpaired) electrons. The molecule has 0 heterocycles. The third-order valence-electron chi connectivity index (χ3n) is 2.65. The highest BCUT2D eigenvalue weighted by Crippen LogP contribution is 2.06. The van der Waals surface area contributed by atoms with Crippen molar-refractivity contribution in [1.29, 1.82) is 0 Å². The topological polar surface area (TPSA) is 55.1 Å². The van der Waals surface area contributed by atoms with Crippen LogP contribution in [0.5, 0.6) is 0 Å². The molecule has 3 N–H and O–H groups in total. The van der Waals surface area contributed by atoms with E-state index in [2.05, 4.69) is 5.32 Å². The van der Waals surface area contributed by atoms with E-state index < -0.39 is 0 Å². The van der Waals surface area contributed by atoms with E-state index >= 15 is 0 Å². The van der Waals surface area contributed by atoms with Crippen molar-refractivity contribution in [2.45, 2.75) is 13.0 Å². The van der Waals surface area contributed by atoms with Gasteiger partial charge in [-0.1, -0.05) is 42.5 Å². The molecular weight excluding hydrogens is 224 g/mol. The average Bonchev–Trinajstić information content (AvgIpc) is 2.38. The number of rotatable bonds is 4. The minimum atomic E-state index is 0.0172. The Balaban J connectivity index is 1.85. The lowest BCUT2D eigenvalue weighted by atomic mass is 10.1. The fraction of sp³-hybridized carbons (Fsp3) is 0.133. The van der Waals surface area contributed by atoms with Crippen LogP contribution in [-0.4, -0.2) is 5.91 Å². The van der Waals surface area contributed by atoms with Gasteiger partial charge in [-0.25, -0.2) is 0 Å². The van der Waals surface area contributed by atoms with Crippen LogP contribution in [0, 0.1) is 0 Å². The zero-order valence-electron chi connectivity index (χ0n) is 10.1. The van der Waals surface area contributed by atoms with Crippen molar-refractivity contribution in [3.63, 3.8) is 0 Å². The number of benzene rings is 2. The Labute approximate surface area is 107 Å². The lowest BCUT2D eigenvalue weighted by molar-refractivity contribution is -0.120. The SMILES string of the molecule is Nc1cccc(CNC(=O)Cc2ccccc2)c1. The lowest BCUT2D eigenvalue weighted by Gasteiger charge is -2.06. The summed E-state index contributed by atoms with van der Waals surface area (Å²) in [6, 6.07) is 17.2. The van der Waals surface area contributed by atoms with E-state index in [1.54, 1.807) is 0 Å². The quantitative estimate of drug-likeness (QED) is 0.804. The summed E-state index contributed by atoms with van der Waals surface area (Å²) >= 11 is 0. The molecule has 0 bridgehead atoms. The summed E-state index contributed by atoms with van der Waals surface area (Å²) in [5.41, 5.74) is 8.42. The highest BCUT2D eigenvalue weighted by atomic mass is 16.1. The summed E-state index contributed by atoms with van der Waals surface area (Å²) in [7, 11) is 0. The van der Waals surface area contributed by atoms with Crippen molar-refractivity contribution < 1.29 is 4.79 Å². The molecule has 0 saturated carbocycles. The monoisotopic (exact) mass is 240 g/mol. The Morgan fingerprint density at radius 2 is 1.72 bits per heavy atom. The molecule has 0 aliphatic heterocycles. The molecule has 0 saturated heterocycles. The fourth-order valence-corrected chi connectivity index (χ4v) is 1.75. The van der Waals surface area contributed by atoms with Crippen molar-refractivity contribution in [3.05, 3.63) is 65.7 Å². The molecule has 3 heteroatoms. The van der Waals surface area contributed by atoms with Crippen molar-refractivity contribution in [1.82, 2.24) is 5.32 Å². The third kappa shape index (κ3) is 3.63. The van der Waals surface area contributed by atoms with Crippen LogP contribution in [0.1, 0.15) is 11.1 Å². The molecular formula is C15H16N2O. The maximum absolute atomic E-state index is 11.7. The zero-order valence-corrected chi connectivity index (χ0v) is 10.1. The second-order valence-corrected chi connectivity index (χ2v) is 4.18. The molecule has 92 valence electrons. The van der Waals surface area contributed by atoms with Crippen LogP contribution in [-0.2, 0) is 17.8 Å². The van der Waals surface area contributed by atoms with Gasteiger partial charge in [0.2, 0.25) is 5.91 Å². The van der Waals surface area contributed by atoms with Gasteiger partial charge in [-0.3, -0.25) is 4.79 Å². The fourth-order valence-electron chi connectivity index (χ4n) is 1.75.